The Morgan fingerprint density at radius 3 is 2.50 bits per heavy atom. The number of rotatable bonds is 1. The van der Waals surface area contributed by atoms with Crippen molar-refractivity contribution in [1.29, 1.82) is 0 Å². The van der Waals surface area contributed by atoms with Gasteiger partial charge in [0.15, 0.2) is 0 Å². The van der Waals surface area contributed by atoms with E-state index in [0.29, 0.717) is 18.4 Å². The van der Waals surface area contributed by atoms with Crippen molar-refractivity contribution in [2.75, 3.05) is 4.90 Å². The van der Waals surface area contributed by atoms with E-state index in [4.69, 9.17) is 0 Å². The monoisotopic (exact) mass is 301 g/mol. The summed E-state index contributed by atoms with van der Waals surface area (Å²) in [6, 6.07) is 4.38. The molecule has 22 heavy (non-hydrogen) atoms. The lowest BCUT2D eigenvalue weighted by molar-refractivity contribution is -0.143. The minimum atomic E-state index is -0.531. The number of benzene rings is 1. The van der Waals surface area contributed by atoms with Gasteiger partial charge >= 0.3 is 0 Å². The molecule has 4 nitrogen and oxygen atoms in total. The molecular weight excluding hydrogens is 285 g/mol. The Kier molecular flexibility index (Phi) is 2.77. The lowest BCUT2D eigenvalue weighted by Gasteiger charge is -2.41. The van der Waals surface area contributed by atoms with E-state index in [-0.39, 0.29) is 35.1 Å². The topological polar surface area (TPSA) is 54.5 Å². The van der Waals surface area contributed by atoms with E-state index in [2.05, 4.69) is 0 Å². The third-order valence-electron chi connectivity index (χ3n) is 5.48. The maximum absolute atomic E-state index is 13.8. The van der Waals surface area contributed by atoms with Gasteiger partial charge in [0.05, 0.1) is 17.5 Å². The van der Waals surface area contributed by atoms with Gasteiger partial charge in [-0.25, -0.2) is 9.29 Å². The fourth-order valence-electron chi connectivity index (χ4n) is 4.36. The van der Waals surface area contributed by atoms with E-state index >= 15 is 0 Å². The molecule has 1 saturated heterocycles. The zero-order chi connectivity index (χ0) is 15.6. The maximum atomic E-state index is 13.8. The molecule has 0 aromatic heterocycles. The second-order valence-electron chi connectivity index (χ2n) is 6.61. The predicted molar refractivity (Wildman–Crippen MR) is 76.4 cm³/mol. The Hall–Kier alpha value is -2.04. The van der Waals surface area contributed by atoms with Crippen molar-refractivity contribution >= 4 is 23.3 Å². The zero-order valence-electron chi connectivity index (χ0n) is 12.2. The fraction of sp³-hybridized carbons (Fsp3) is 0.471. The molecule has 3 saturated carbocycles. The Morgan fingerprint density at radius 1 is 1.09 bits per heavy atom. The Balaban J connectivity index is 1.77. The first-order chi connectivity index (χ1) is 10.5. The van der Waals surface area contributed by atoms with Crippen LogP contribution in [0.2, 0.25) is 0 Å². The molecule has 4 fully saturated rings. The minimum Gasteiger partial charge on any atom is -0.299 e. The number of hydrogen-bond donors (Lipinski definition) is 0. The number of halogens is 1. The molecule has 0 spiro atoms. The molecule has 2 bridgehead atoms. The molecule has 1 aromatic carbocycles. The third-order valence-corrected chi connectivity index (χ3v) is 5.48. The van der Waals surface area contributed by atoms with Crippen molar-refractivity contribution < 1.29 is 18.8 Å². The first-order valence-electron chi connectivity index (χ1n) is 7.65. The number of carbonyl (C=O) groups is 3. The van der Waals surface area contributed by atoms with Crippen LogP contribution >= 0.6 is 0 Å². The van der Waals surface area contributed by atoms with Crippen LogP contribution in [0.3, 0.4) is 0 Å². The number of fused-ring (bicyclic) bond motifs is 2. The van der Waals surface area contributed by atoms with Crippen LogP contribution in [-0.2, 0) is 14.4 Å². The molecule has 1 aliphatic heterocycles. The molecule has 2 amide bonds. The molecule has 0 radical (unpaired) electrons. The molecule has 5 rings (SSSR count). The Labute approximate surface area is 127 Å². The quantitative estimate of drug-likeness (QED) is 0.748. The Morgan fingerprint density at radius 2 is 1.82 bits per heavy atom. The van der Waals surface area contributed by atoms with E-state index in [1.165, 1.54) is 6.07 Å². The highest BCUT2D eigenvalue weighted by atomic mass is 19.1. The largest absolute Gasteiger partial charge is 0.299 e. The molecule has 114 valence electrons. The average molecular weight is 301 g/mol. The van der Waals surface area contributed by atoms with Gasteiger partial charge in [0, 0.05) is 12.3 Å². The molecule has 3 aliphatic carbocycles. The van der Waals surface area contributed by atoms with Crippen LogP contribution in [0, 0.1) is 36.4 Å². The van der Waals surface area contributed by atoms with Gasteiger partial charge in [-0.3, -0.25) is 14.4 Å². The van der Waals surface area contributed by atoms with Gasteiger partial charge in [-0.1, -0.05) is 6.07 Å². The van der Waals surface area contributed by atoms with Gasteiger partial charge < -0.3 is 0 Å². The second kappa shape index (κ2) is 4.48. The van der Waals surface area contributed by atoms with Crippen molar-refractivity contribution in [3.05, 3.63) is 29.6 Å². The highest BCUT2D eigenvalue weighted by molar-refractivity contribution is 6.23. The first kappa shape index (κ1) is 13.6. The Bertz CT molecular complexity index is 714. The summed E-state index contributed by atoms with van der Waals surface area (Å²) in [5.41, 5.74) is 0.745. The molecule has 4 atom stereocenters. The van der Waals surface area contributed by atoms with Gasteiger partial charge in [0.1, 0.15) is 11.6 Å². The third kappa shape index (κ3) is 1.65. The van der Waals surface area contributed by atoms with Crippen LogP contribution in [0.25, 0.3) is 0 Å². The summed E-state index contributed by atoms with van der Waals surface area (Å²) in [7, 11) is 0. The van der Waals surface area contributed by atoms with Crippen LogP contribution < -0.4 is 4.90 Å². The number of hydrogen-bond acceptors (Lipinski definition) is 3. The summed E-state index contributed by atoms with van der Waals surface area (Å²) in [6.07, 6.45) is 1.92. The lowest BCUT2D eigenvalue weighted by atomic mass is 9.59. The molecule has 5 heteroatoms. The van der Waals surface area contributed by atoms with Gasteiger partial charge in [0.25, 0.3) is 0 Å². The summed E-state index contributed by atoms with van der Waals surface area (Å²) < 4.78 is 13.8. The van der Waals surface area contributed by atoms with E-state index in [1.807, 2.05) is 0 Å². The normalized spacial score (nSPS) is 33.5. The number of amides is 2. The second-order valence-corrected chi connectivity index (χ2v) is 6.61. The molecule has 1 aromatic rings. The molecular formula is C17H16FNO3. The molecule has 4 aliphatic rings. The highest BCUT2D eigenvalue weighted by Crippen LogP contribution is 2.52. The van der Waals surface area contributed by atoms with Gasteiger partial charge in [0.2, 0.25) is 11.8 Å². The van der Waals surface area contributed by atoms with Crippen molar-refractivity contribution in [3.8, 4) is 0 Å². The standard InChI is InChI=1S/C17H16FNO3/c1-8-2-4-10(7-12(8)18)19-16(21)14-9-3-5-11(13(20)6-9)15(14)17(19)22/h2,4,7,9,11,14-15H,3,5-6H2,1H3/t9-,11+,14+,15-/m0/s1. The van der Waals surface area contributed by atoms with E-state index in [9.17, 15) is 18.8 Å². The predicted octanol–water partition coefficient (Wildman–Crippen LogP) is 2.24. The van der Waals surface area contributed by atoms with Crippen LogP contribution in [0.4, 0.5) is 10.1 Å². The number of anilines is 1. The maximum Gasteiger partial charge on any atom is 0.238 e. The summed E-state index contributed by atoms with van der Waals surface area (Å²) in [5, 5.41) is 0. The van der Waals surface area contributed by atoms with Crippen LogP contribution in [-0.4, -0.2) is 17.6 Å². The lowest BCUT2D eigenvalue weighted by Crippen LogP contribution is -2.46. The minimum absolute atomic E-state index is 0.0285. The van der Waals surface area contributed by atoms with Crippen molar-refractivity contribution in [1.82, 2.24) is 0 Å². The fourth-order valence-corrected chi connectivity index (χ4v) is 4.36. The van der Waals surface area contributed by atoms with Gasteiger partial charge in [-0.15, -0.1) is 0 Å². The van der Waals surface area contributed by atoms with E-state index < -0.39 is 17.7 Å². The van der Waals surface area contributed by atoms with Gasteiger partial charge in [-0.05, 0) is 43.4 Å². The SMILES string of the molecule is Cc1ccc(N2C(=O)[C@@H]3[C@H]4CC[C@H](C(=O)C4)[C@@H]3C2=O)cc1F. The summed E-state index contributed by atoms with van der Waals surface area (Å²) in [6.45, 7) is 1.63. The summed E-state index contributed by atoms with van der Waals surface area (Å²) >= 11 is 0. The number of ketones is 1. The average Bonchev–Trinajstić information content (AvgIpc) is 2.76. The number of Topliss-reactive ketones (excluding diaryl/α,β-unsaturated/α-hetero) is 1. The van der Waals surface area contributed by atoms with Crippen LogP contribution in [0.15, 0.2) is 18.2 Å². The molecule has 0 N–H and O–H groups in total. The molecule has 1 heterocycles. The number of aryl methyl sites for hydroxylation is 1. The summed E-state index contributed by atoms with van der Waals surface area (Å²) in [4.78, 5) is 38.6. The van der Waals surface area contributed by atoms with Crippen LogP contribution in [0.1, 0.15) is 24.8 Å². The number of carbonyl (C=O) groups excluding carboxylic acids is 3. The smallest absolute Gasteiger partial charge is 0.238 e. The highest BCUT2D eigenvalue weighted by Gasteiger charge is 2.60. The van der Waals surface area contributed by atoms with Crippen LogP contribution in [0.5, 0.6) is 0 Å². The van der Waals surface area contributed by atoms with E-state index in [1.54, 1.807) is 19.1 Å². The van der Waals surface area contributed by atoms with Crippen molar-refractivity contribution in [2.45, 2.75) is 26.2 Å². The van der Waals surface area contributed by atoms with E-state index in [0.717, 1.165) is 11.3 Å². The first-order valence-corrected chi connectivity index (χ1v) is 7.65. The number of nitrogens with zero attached hydrogens (tertiary/aromatic N) is 1. The van der Waals surface area contributed by atoms with Crippen molar-refractivity contribution in [3.63, 3.8) is 0 Å². The zero-order valence-corrected chi connectivity index (χ0v) is 12.2. The summed E-state index contributed by atoms with van der Waals surface area (Å²) in [5.74, 6) is -2.21. The van der Waals surface area contributed by atoms with Crippen molar-refractivity contribution in [2.24, 2.45) is 23.7 Å². The molecule has 0 unspecified atom stereocenters. The van der Waals surface area contributed by atoms with Gasteiger partial charge in [-0.2, -0.15) is 0 Å². The number of imide groups is 1.